The largest absolute Gasteiger partial charge is 0.348 e. The van der Waals surface area contributed by atoms with E-state index in [0.717, 1.165) is 36.1 Å². The van der Waals surface area contributed by atoms with Gasteiger partial charge in [0.25, 0.3) is 11.8 Å². The Morgan fingerprint density at radius 1 is 1.00 bits per heavy atom. The van der Waals surface area contributed by atoms with Gasteiger partial charge >= 0.3 is 0 Å². The molecule has 2 N–H and O–H groups in total. The first kappa shape index (κ1) is 20.3. The third-order valence-electron chi connectivity index (χ3n) is 5.08. The lowest BCUT2D eigenvalue weighted by Gasteiger charge is -2.22. The first-order valence-corrected chi connectivity index (χ1v) is 10.9. The van der Waals surface area contributed by atoms with Crippen molar-refractivity contribution in [2.75, 3.05) is 0 Å². The molecule has 0 bridgehead atoms. The summed E-state index contributed by atoms with van der Waals surface area (Å²) in [5.41, 5.74) is 1.93. The van der Waals surface area contributed by atoms with Crippen LogP contribution in [0, 0.1) is 6.92 Å². The van der Waals surface area contributed by atoms with Gasteiger partial charge < -0.3 is 10.6 Å². The number of hydrogen-bond donors (Lipinski definition) is 2. The van der Waals surface area contributed by atoms with Crippen molar-refractivity contribution in [2.24, 2.45) is 0 Å². The molecule has 4 nitrogen and oxygen atoms in total. The molecule has 1 aliphatic rings. The molecule has 1 fully saturated rings. The average molecular weight is 397 g/mol. The van der Waals surface area contributed by atoms with Gasteiger partial charge in [0.15, 0.2) is 0 Å². The molecule has 3 rings (SSSR count). The summed E-state index contributed by atoms with van der Waals surface area (Å²) in [4.78, 5) is 26.6. The van der Waals surface area contributed by atoms with E-state index in [1.807, 2.05) is 36.6 Å². The topological polar surface area (TPSA) is 58.2 Å². The lowest BCUT2D eigenvalue weighted by Crippen LogP contribution is -2.40. The van der Waals surface area contributed by atoms with Gasteiger partial charge in [0, 0.05) is 16.5 Å². The smallest absolute Gasteiger partial charge is 0.268 e. The van der Waals surface area contributed by atoms with E-state index < -0.39 is 0 Å². The Morgan fingerprint density at radius 3 is 2.32 bits per heavy atom. The van der Waals surface area contributed by atoms with Crippen LogP contribution in [-0.2, 0) is 4.79 Å². The van der Waals surface area contributed by atoms with E-state index in [2.05, 4.69) is 10.6 Å². The molecule has 2 aromatic rings. The minimum atomic E-state index is -0.268. The van der Waals surface area contributed by atoms with Crippen LogP contribution in [0.4, 0.5) is 0 Å². The summed E-state index contributed by atoms with van der Waals surface area (Å²) >= 11 is 1.54. The third kappa shape index (κ3) is 6.06. The lowest BCUT2D eigenvalue weighted by atomic mass is 9.96. The summed E-state index contributed by atoms with van der Waals surface area (Å²) in [6, 6.07) is 11.4. The van der Waals surface area contributed by atoms with Crippen molar-refractivity contribution in [1.29, 1.82) is 0 Å². The highest BCUT2D eigenvalue weighted by Gasteiger charge is 2.19. The number of amides is 2. The van der Waals surface area contributed by atoms with Gasteiger partial charge in [0.1, 0.15) is 5.70 Å². The maximum atomic E-state index is 13.0. The molecule has 5 heteroatoms. The lowest BCUT2D eigenvalue weighted by molar-refractivity contribution is -0.118. The highest BCUT2D eigenvalue weighted by atomic mass is 32.1. The van der Waals surface area contributed by atoms with Crippen molar-refractivity contribution >= 4 is 29.2 Å². The molecule has 1 aromatic carbocycles. The highest BCUT2D eigenvalue weighted by molar-refractivity contribution is 7.10. The van der Waals surface area contributed by atoms with E-state index in [9.17, 15) is 9.59 Å². The van der Waals surface area contributed by atoms with E-state index in [1.165, 1.54) is 30.6 Å². The average Bonchev–Trinajstić information content (AvgIpc) is 3.17. The van der Waals surface area contributed by atoms with Crippen LogP contribution in [0.5, 0.6) is 0 Å². The number of hydrogen-bond acceptors (Lipinski definition) is 3. The zero-order valence-corrected chi connectivity index (χ0v) is 17.2. The Morgan fingerprint density at radius 2 is 1.68 bits per heavy atom. The fourth-order valence-electron chi connectivity index (χ4n) is 3.44. The molecule has 0 unspecified atom stereocenters. The van der Waals surface area contributed by atoms with Crippen molar-refractivity contribution in [2.45, 2.75) is 57.9 Å². The molecule has 148 valence electrons. The Bertz CT molecular complexity index is 802. The fourth-order valence-corrected chi connectivity index (χ4v) is 4.09. The maximum Gasteiger partial charge on any atom is 0.268 e. The number of benzene rings is 1. The number of thiophene rings is 1. The Hall–Kier alpha value is -2.40. The quantitative estimate of drug-likeness (QED) is 0.694. The minimum Gasteiger partial charge on any atom is -0.348 e. The van der Waals surface area contributed by atoms with Crippen molar-refractivity contribution in [3.8, 4) is 0 Å². The fraction of sp³-hybridized carbons (Fsp3) is 0.391. The van der Waals surface area contributed by atoms with E-state index in [-0.39, 0.29) is 17.9 Å². The second kappa shape index (κ2) is 10.2. The van der Waals surface area contributed by atoms with Crippen molar-refractivity contribution in [1.82, 2.24) is 10.6 Å². The Balaban J connectivity index is 1.73. The number of carbonyl (C=O) groups is 2. The third-order valence-corrected chi connectivity index (χ3v) is 5.90. The van der Waals surface area contributed by atoms with Crippen LogP contribution in [0.15, 0.2) is 47.5 Å². The zero-order chi connectivity index (χ0) is 19.8. The molecule has 0 saturated heterocycles. The standard InChI is InChI=1S/C23H28N2O2S/c1-17-11-13-18(14-12-17)22(26)25-21(16-20-10-7-15-28-20)23(27)24-19-8-5-3-2-4-6-9-19/h7,10-16,19H,2-6,8-9H2,1H3,(H,24,27)(H,25,26)/b21-16-. The Labute approximate surface area is 171 Å². The summed E-state index contributed by atoms with van der Waals surface area (Å²) < 4.78 is 0. The van der Waals surface area contributed by atoms with Gasteiger partial charge in [-0.3, -0.25) is 9.59 Å². The summed E-state index contributed by atoms with van der Waals surface area (Å²) in [5.74, 6) is -0.477. The summed E-state index contributed by atoms with van der Waals surface area (Å²) in [6.07, 6.45) is 9.80. The van der Waals surface area contributed by atoms with Gasteiger partial charge in [0.2, 0.25) is 0 Å². The predicted molar refractivity (Wildman–Crippen MR) is 115 cm³/mol. The Kier molecular flexibility index (Phi) is 7.43. The minimum absolute atomic E-state index is 0.177. The molecule has 0 spiro atoms. The number of aryl methyl sites for hydroxylation is 1. The SMILES string of the molecule is Cc1ccc(C(=O)N/C(=C\c2cccs2)C(=O)NC2CCCCCCC2)cc1. The first-order chi connectivity index (χ1) is 13.6. The predicted octanol–water partition coefficient (Wildman–Crippen LogP) is 5.06. The zero-order valence-electron chi connectivity index (χ0n) is 16.4. The van der Waals surface area contributed by atoms with Gasteiger partial charge in [-0.15, -0.1) is 11.3 Å². The second-order valence-electron chi connectivity index (χ2n) is 7.41. The monoisotopic (exact) mass is 396 g/mol. The molecule has 1 heterocycles. The summed E-state index contributed by atoms with van der Waals surface area (Å²) in [5, 5.41) is 7.93. The number of nitrogens with one attached hydrogen (secondary N) is 2. The van der Waals surface area contributed by atoms with Crippen molar-refractivity contribution in [3.05, 3.63) is 63.5 Å². The van der Waals surface area contributed by atoms with E-state index >= 15 is 0 Å². The van der Waals surface area contributed by atoms with Crippen LogP contribution < -0.4 is 10.6 Å². The van der Waals surface area contributed by atoms with E-state index in [4.69, 9.17) is 0 Å². The van der Waals surface area contributed by atoms with Crippen LogP contribution in [0.1, 0.15) is 65.7 Å². The second-order valence-corrected chi connectivity index (χ2v) is 8.39. The molecular weight excluding hydrogens is 368 g/mol. The molecule has 28 heavy (non-hydrogen) atoms. The molecule has 0 radical (unpaired) electrons. The van der Waals surface area contributed by atoms with Crippen LogP contribution in [-0.4, -0.2) is 17.9 Å². The van der Waals surface area contributed by atoms with Crippen LogP contribution in [0.25, 0.3) is 6.08 Å². The highest BCUT2D eigenvalue weighted by Crippen LogP contribution is 2.18. The van der Waals surface area contributed by atoms with Gasteiger partial charge in [-0.25, -0.2) is 0 Å². The summed E-state index contributed by atoms with van der Waals surface area (Å²) in [7, 11) is 0. The molecule has 2 amide bonds. The van der Waals surface area contributed by atoms with Gasteiger partial charge in [-0.2, -0.15) is 0 Å². The number of carbonyl (C=O) groups excluding carboxylic acids is 2. The van der Waals surface area contributed by atoms with Crippen molar-refractivity contribution in [3.63, 3.8) is 0 Å². The maximum absolute atomic E-state index is 13.0. The molecule has 0 atom stereocenters. The van der Waals surface area contributed by atoms with E-state index in [0.29, 0.717) is 11.3 Å². The molecular formula is C23H28N2O2S. The molecule has 1 saturated carbocycles. The molecule has 0 aliphatic heterocycles. The van der Waals surface area contributed by atoms with Crippen LogP contribution in [0.2, 0.25) is 0 Å². The van der Waals surface area contributed by atoms with Gasteiger partial charge in [-0.05, 0) is 49.4 Å². The van der Waals surface area contributed by atoms with E-state index in [1.54, 1.807) is 18.2 Å². The van der Waals surface area contributed by atoms with Crippen LogP contribution >= 0.6 is 11.3 Å². The molecule has 1 aromatic heterocycles. The van der Waals surface area contributed by atoms with Crippen molar-refractivity contribution < 1.29 is 9.59 Å². The summed E-state index contributed by atoms with van der Waals surface area (Å²) in [6.45, 7) is 1.98. The molecule has 1 aliphatic carbocycles. The normalized spacial score (nSPS) is 16.1. The van der Waals surface area contributed by atoms with Gasteiger partial charge in [-0.1, -0.05) is 55.9 Å². The van der Waals surface area contributed by atoms with Gasteiger partial charge in [0.05, 0.1) is 0 Å². The van der Waals surface area contributed by atoms with Crippen LogP contribution in [0.3, 0.4) is 0 Å². The first-order valence-electron chi connectivity index (χ1n) is 10.1. The number of rotatable bonds is 5.